The Morgan fingerprint density at radius 1 is 1.50 bits per heavy atom. The Hall–Kier alpha value is -0.810. The molecule has 1 aliphatic heterocycles. The van der Waals surface area contributed by atoms with Gasteiger partial charge in [0.05, 0.1) is 0 Å². The molecule has 0 aliphatic carbocycles. The number of hydrogen-bond donors (Lipinski definition) is 2. The van der Waals surface area contributed by atoms with Crippen molar-refractivity contribution in [1.82, 2.24) is 4.90 Å². The molecule has 2 rings (SSSR count). The van der Waals surface area contributed by atoms with Gasteiger partial charge < -0.3 is 10.8 Å². The van der Waals surface area contributed by atoms with Crippen molar-refractivity contribution in [2.24, 2.45) is 5.73 Å². The minimum Gasteiger partial charge on any atom is -0.480 e. The van der Waals surface area contributed by atoms with Gasteiger partial charge in [-0.1, -0.05) is 23.2 Å². The highest BCUT2D eigenvalue weighted by Crippen LogP contribution is 2.26. The van der Waals surface area contributed by atoms with Crippen molar-refractivity contribution in [3.8, 4) is 0 Å². The number of halogens is 2. The predicted molar refractivity (Wildman–Crippen MR) is 70.9 cm³/mol. The number of nitrogens with two attached hydrogens (primary N) is 1. The monoisotopic (exact) mass is 288 g/mol. The van der Waals surface area contributed by atoms with Crippen LogP contribution in [0.25, 0.3) is 0 Å². The molecule has 1 atom stereocenters. The van der Waals surface area contributed by atoms with Crippen LogP contribution in [0.2, 0.25) is 10.0 Å². The van der Waals surface area contributed by atoms with E-state index in [0.29, 0.717) is 36.1 Å². The van der Waals surface area contributed by atoms with E-state index in [1.165, 1.54) is 0 Å². The Kier molecular flexibility index (Phi) is 3.82. The first-order valence-corrected chi connectivity index (χ1v) is 6.35. The maximum Gasteiger partial charge on any atom is 0.325 e. The summed E-state index contributed by atoms with van der Waals surface area (Å²) >= 11 is 12.0. The Bertz CT molecular complexity index is 481. The first-order chi connectivity index (χ1) is 8.40. The summed E-state index contributed by atoms with van der Waals surface area (Å²) < 4.78 is 0. The lowest BCUT2D eigenvalue weighted by Crippen LogP contribution is -2.50. The van der Waals surface area contributed by atoms with Crippen LogP contribution >= 0.6 is 23.2 Å². The lowest BCUT2D eigenvalue weighted by atomic mass is 10.0. The SMILES string of the molecule is NC1(C(=O)O)CCN(Cc2cc(Cl)ccc2Cl)C1. The fourth-order valence-corrected chi connectivity index (χ4v) is 2.50. The number of benzene rings is 1. The van der Waals surface area contributed by atoms with Crippen LogP contribution in [-0.4, -0.2) is 34.6 Å². The van der Waals surface area contributed by atoms with Crippen LogP contribution in [0.5, 0.6) is 0 Å². The molecule has 6 heteroatoms. The highest BCUT2D eigenvalue weighted by Gasteiger charge is 2.41. The standard InChI is InChI=1S/C12H14Cl2N2O2/c13-9-1-2-10(14)8(5-9)6-16-4-3-12(15,7-16)11(17)18/h1-2,5H,3-4,6-7,15H2,(H,17,18). The van der Waals surface area contributed by atoms with Crippen LogP contribution in [0.4, 0.5) is 0 Å². The smallest absolute Gasteiger partial charge is 0.325 e. The molecule has 98 valence electrons. The van der Waals surface area contributed by atoms with E-state index < -0.39 is 11.5 Å². The van der Waals surface area contributed by atoms with Crippen LogP contribution in [-0.2, 0) is 11.3 Å². The summed E-state index contributed by atoms with van der Waals surface area (Å²) in [5.74, 6) is -0.956. The highest BCUT2D eigenvalue weighted by molar-refractivity contribution is 6.33. The van der Waals surface area contributed by atoms with Crippen LogP contribution in [0.1, 0.15) is 12.0 Å². The molecule has 1 unspecified atom stereocenters. The van der Waals surface area contributed by atoms with E-state index in [1.54, 1.807) is 18.2 Å². The van der Waals surface area contributed by atoms with Gasteiger partial charge in [-0.2, -0.15) is 0 Å². The average Bonchev–Trinajstić information content (AvgIpc) is 2.67. The zero-order valence-corrected chi connectivity index (χ0v) is 11.2. The lowest BCUT2D eigenvalue weighted by molar-refractivity contribution is -0.142. The van der Waals surface area contributed by atoms with Crippen molar-refractivity contribution in [3.05, 3.63) is 33.8 Å². The third-order valence-electron chi connectivity index (χ3n) is 3.21. The first-order valence-electron chi connectivity index (χ1n) is 5.59. The van der Waals surface area contributed by atoms with E-state index in [2.05, 4.69) is 0 Å². The van der Waals surface area contributed by atoms with Gasteiger partial charge >= 0.3 is 5.97 Å². The van der Waals surface area contributed by atoms with E-state index >= 15 is 0 Å². The van der Waals surface area contributed by atoms with E-state index in [1.807, 2.05) is 4.90 Å². The molecule has 0 amide bonds. The summed E-state index contributed by atoms with van der Waals surface area (Å²) in [6, 6.07) is 5.26. The minimum atomic E-state index is -1.15. The normalized spacial score (nSPS) is 24.4. The van der Waals surface area contributed by atoms with Gasteiger partial charge in [0.1, 0.15) is 5.54 Å². The molecule has 4 nitrogen and oxygen atoms in total. The number of hydrogen-bond acceptors (Lipinski definition) is 3. The van der Waals surface area contributed by atoms with E-state index in [4.69, 9.17) is 34.0 Å². The molecule has 1 aromatic rings. The molecule has 1 aliphatic rings. The van der Waals surface area contributed by atoms with Gasteiger partial charge in [-0.15, -0.1) is 0 Å². The molecule has 0 bridgehead atoms. The predicted octanol–water partition coefficient (Wildman–Crippen LogP) is 1.98. The number of carbonyl (C=O) groups is 1. The van der Waals surface area contributed by atoms with Crippen LogP contribution in [0.15, 0.2) is 18.2 Å². The van der Waals surface area contributed by atoms with Gasteiger partial charge in [0.15, 0.2) is 0 Å². The molecular weight excluding hydrogens is 275 g/mol. The topological polar surface area (TPSA) is 66.6 Å². The molecule has 0 saturated carbocycles. The van der Waals surface area contributed by atoms with Gasteiger partial charge in [-0.25, -0.2) is 0 Å². The molecule has 1 fully saturated rings. The molecule has 0 radical (unpaired) electrons. The number of carboxylic acid groups (broad SMARTS) is 1. The molecule has 1 heterocycles. The van der Waals surface area contributed by atoms with Crippen LogP contribution in [0, 0.1) is 0 Å². The van der Waals surface area contributed by atoms with Crippen molar-refractivity contribution in [2.45, 2.75) is 18.5 Å². The van der Waals surface area contributed by atoms with Crippen LogP contribution < -0.4 is 5.73 Å². The second-order valence-corrected chi connectivity index (χ2v) is 5.50. The maximum atomic E-state index is 11.0. The molecular formula is C12H14Cl2N2O2. The maximum absolute atomic E-state index is 11.0. The van der Waals surface area contributed by atoms with Gasteiger partial charge in [0, 0.05) is 29.7 Å². The molecule has 0 spiro atoms. The van der Waals surface area contributed by atoms with Crippen molar-refractivity contribution >= 4 is 29.2 Å². The molecule has 1 saturated heterocycles. The van der Waals surface area contributed by atoms with Gasteiger partial charge in [-0.05, 0) is 30.2 Å². The van der Waals surface area contributed by atoms with Gasteiger partial charge in [-0.3, -0.25) is 9.69 Å². The number of likely N-dealkylation sites (tertiary alicyclic amines) is 1. The van der Waals surface area contributed by atoms with Crippen molar-refractivity contribution in [2.75, 3.05) is 13.1 Å². The highest BCUT2D eigenvalue weighted by atomic mass is 35.5. The lowest BCUT2D eigenvalue weighted by Gasteiger charge is -2.20. The minimum absolute atomic E-state index is 0.325. The zero-order chi connectivity index (χ0) is 13.3. The number of nitrogens with zero attached hydrogens (tertiary/aromatic N) is 1. The summed E-state index contributed by atoms with van der Waals surface area (Å²) in [6.45, 7) is 1.53. The van der Waals surface area contributed by atoms with E-state index in [0.717, 1.165) is 5.56 Å². The van der Waals surface area contributed by atoms with Crippen LogP contribution in [0.3, 0.4) is 0 Å². The first kappa shape index (κ1) is 13.6. The summed E-state index contributed by atoms with van der Waals surface area (Å²) in [6.07, 6.45) is 0.445. The number of rotatable bonds is 3. The quantitative estimate of drug-likeness (QED) is 0.893. The second-order valence-electron chi connectivity index (χ2n) is 4.66. The molecule has 18 heavy (non-hydrogen) atoms. The van der Waals surface area contributed by atoms with Gasteiger partial charge in [0.25, 0.3) is 0 Å². The Morgan fingerprint density at radius 2 is 2.22 bits per heavy atom. The summed E-state index contributed by atoms with van der Waals surface area (Å²) in [7, 11) is 0. The van der Waals surface area contributed by atoms with E-state index in [9.17, 15) is 4.79 Å². The molecule has 1 aromatic carbocycles. The third-order valence-corrected chi connectivity index (χ3v) is 3.81. The molecule has 3 N–H and O–H groups in total. The summed E-state index contributed by atoms with van der Waals surface area (Å²) in [5.41, 5.74) is 5.55. The Morgan fingerprint density at radius 3 is 2.83 bits per heavy atom. The summed E-state index contributed by atoms with van der Waals surface area (Å²) in [5, 5.41) is 10.3. The Balaban J connectivity index is 2.08. The molecule has 0 aromatic heterocycles. The zero-order valence-electron chi connectivity index (χ0n) is 9.70. The van der Waals surface area contributed by atoms with Crippen molar-refractivity contribution in [1.29, 1.82) is 0 Å². The van der Waals surface area contributed by atoms with Gasteiger partial charge in [0.2, 0.25) is 0 Å². The fourth-order valence-electron chi connectivity index (χ4n) is 2.13. The van der Waals surface area contributed by atoms with Crippen molar-refractivity contribution in [3.63, 3.8) is 0 Å². The van der Waals surface area contributed by atoms with Crippen molar-refractivity contribution < 1.29 is 9.90 Å². The number of aliphatic carboxylic acids is 1. The largest absolute Gasteiger partial charge is 0.480 e. The number of carboxylic acids is 1. The fraction of sp³-hybridized carbons (Fsp3) is 0.417. The average molecular weight is 289 g/mol. The Labute approximate surface area is 115 Å². The summed E-state index contributed by atoms with van der Waals surface area (Å²) in [4.78, 5) is 13.0. The third kappa shape index (κ3) is 2.78. The van der Waals surface area contributed by atoms with E-state index in [-0.39, 0.29) is 0 Å². The second kappa shape index (κ2) is 5.05.